The quantitative estimate of drug-likeness (QED) is 0.484. The van der Waals surface area contributed by atoms with Crippen LogP contribution >= 0.6 is 11.6 Å². The minimum absolute atomic E-state index is 0.0130. The summed E-state index contributed by atoms with van der Waals surface area (Å²) in [7, 11) is 0. The number of carbonyl (C=O) groups excluding carboxylic acids is 2. The zero-order valence-electron chi connectivity index (χ0n) is 15.3. The Bertz CT molecular complexity index is 737. The molecule has 0 fully saturated rings. The second-order valence-corrected chi connectivity index (χ2v) is 6.68. The van der Waals surface area contributed by atoms with Crippen LogP contribution in [0.2, 0.25) is 5.02 Å². The molecule has 2 amide bonds. The Labute approximate surface area is 161 Å². The molecule has 0 spiro atoms. The Kier molecular flexibility index (Phi) is 8.17. The smallest absolute Gasteiger partial charge is 0.323 e. The first kappa shape index (κ1) is 22.4. The van der Waals surface area contributed by atoms with Crippen LogP contribution in [0.25, 0.3) is 0 Å². The standard InChI is InChI=1S/C17H22ClN3O6/c1-4-7-20(9-14(22)23)17(25)15(10(2)3)19-16(24)12-6-5-11(21(26)27)8-13(12)18/h5-6,8,10,15H,4,7,9H2,1-3H3,(H,19,24)(H,22,23). The van der Waals surface area contributed by atoms with Crippen LogP contribution < -0.4 is 5.32 Å². The molecule has 1 rings (SSSR count). The third-order valence-electron chi connectivity index (χ3n) is 3.76. The van der Waals surface area contributed by atoms with Crippen LogP contribution in [0.3, 0.4) is 0 Å². The fraction of sp³-hybridized carbons (Fsp3) is 0.471. The van der Waals surface area contributed by atoms with Crippen molar-refractivity contribution in [3.05, 3.63) is 38.9 Å². The van der Waals surface area contributed by atoms with Gasteiger partial charge in [0.05, 0.1) is 15.5 Å². The molecule has 0 aromatic heterocycles. The van der Waals surface area contributed by atoms with Gasteiger partial charge in [0.15, 0.2) is 0 Å². The van der Waals surface area contributed by atoms with Gasteiger partial charge in [-0.3, -0.25) is 24.5 Å². The molecule has 0 aliphatic heterocycles. The lowest BCUT2D eigenvalue weighted by Gasteiger charge is -2.28. The van der Waals surface area contributed by atoms with Gasteiger partial charge in [-0.15, -0.1) is 0 Å². The molecule has 0 bridgehead atoms. The molecule has 0 aliphatic carbocycles. The molecular formula is C17H22ClN3O6. The highest BCUT2D eigenvalue weighted by atomic mass is 35.5. The first-order valence-electron chi connectivity index (χ1n) is 8.33. The lowest BCUT2D eigenvalue weighted by molar-refractivity contribution is -0.384. The van der Waals surface area contributed by atoms with E-state index < -0.39 is 35.3 Å². The summed E-state index contributed by atoms with van der Waals surface area (Å²) >= 11 is 5.95. The minimum atomic E-state index is -1.15. The second-order valence-electron chi connectivity index (χ2n) is 6.27. The summed E-state index contributed by atoms with van der Waals surface area (Å²) in [6.07, 6.45) is 0.561. The monoisotopic (exact) mass is 399 g/mol. The van der Waals surface area contributed by atoms with Crippen molar-refractivity contribution in [3.8, 4) is 0 Å². The molecule has 0 saturated heterocycles. The maximum atomic E-state index is 12.7. The number of nitro groups is 1. The number of nitrogens with one attached hydrogen (secondary N) is 1. The van der Waals surface area contributed by atoms with Gasteiger partial charge in [-0.2, -0.15) is 0 Å². The van der Waals surface area contributed by atoms with Crippen molar-refractivity contribution in [1.29, 1.82) is 0 Å². The lowest BCUT2D eigenvalue weighted by Crippen LogP contribution is -2.52. The number of aliphatic carboxylic acids is 1. The zero-order valence-corrected chi connectivity index (χ0v) is 16.0. The largest absolute Gasteiger partial charge is 0.480 e. The Morgan fingerprint density at radius 2 is 1.96 bits per heavy atom. The van der Waals surface area contributed by atoms with Crippen LogP contribution in [0.15, 0.2) is 18.2 Å². The molecule has 0 saturated carbocycles. The summed E-state index contributed by atoms with van der Waals surface area (Å²) in [6.45, 7) is 5.00. The van der Waals surface area contributed by atoms with Crippen molar-refractivity contribution in [2.75, 3.05) is 13.1 Å². The predicted octanol–water partition coefficient (Wildman–Crippen LogP) is 2.33. The number of benzene rings is 1. The first-order valence-corrected chi connectivity index (χ1v) is 8.71. The summed E-state index contributed by atoms with van der Waals surface area (Å²) in [5, 5.41) is 22.2. The molecule has 0 radical (unpaired) electrons. The van der Waals surface area contributed by atoms with Crippen LogP contribution in [-0.2, 0) is 9.59 Å². The number of rotatable bonds is 9. The Morgan fingerprint density at radius 1 is 1.33 bits per heavy atom. The third kappa shape index (κ3) is 6.21. The van der Waals surface area contributed by atoms with E-state index >= 15 is 0 Å². The number of carboxylic acid groups (broad SMARTS) is 1. The highest BCUT2D eigenvalue weighted by Crippen LogP contribution is 2.23. The number of hydrogen-bond donors (Lipinski definition) is 2. The molecule has 1 unspecified atom stereocenters. The average Bonchev–Trinajstić information content (AvgIpc) is 2.57. The highest BCUT2D eigenvalue weighted by Gasteiger charge is 2.30. The van der Waals surface area contributed by atoms with E-state index in [2.05, 4.69) is 5.32 Å². The molecule has 1 aromatic carbocycles. The van der Waals surface area contributed by atoms with Gasteiger partial charge < -0.3 is 15.3 Å². The molecule has 0 heterocycles. The first-order chi connectivity index (χ1) is 12.6. The molecule has 148 valence electrons. The van der Waals surface area contributed by atoms with Gasteiger partial charge in [0.1, 0.15) is 12.6 Å². The topological polar surface area (TPSA) is 130 Å². The number of nitro benzene ring substituents is 1. The molecular weight excluding hydrogens is 378 g/mol. The van der Waals surface area contributed by atoms with Gasteiger partial charge in [-0.05, 0) is 18.4 Å². The molecule has 0 aliphatic rings. The normalized spacial score (nSPS) is 11.7. The zero-order chi connectivity index (χ0) is 20.7. The van der Waals surface area contributed by atoms with E-state index in [1.54, 1.807) is 13.8 Å². The number of non-ortho nitro benzene ring substituents is 1. The van der Waals surface area contributed by atoms with E-state index in [-0.39, 0.29) is 28.7 Å². The van der Waals surface area contributed by atoms with E-state index in [9.17, 15) is 24.5 Å². The summed E-state index contributed by atoms with van der Waals surface area (Å²) in [6, 6.07) is 2.44. The number of carbonyl (C=O) groups is 3. The third-order valence-corrected chi connectivity index (χ3v) is 4.07. The van der Waals surface area contributed by atoms with Gasteiger partial charge in [-0.25, -0.2) is 0 Å². The van der Waals surface area contributed by atoms with Gasteiger partial charge in [0.2, 0.25) is 5.91 Å². The van der Waals surface area contributed by atoms with Crippen molar-refractivity contribution >= 4 is 35.1 Å². The van der Waals surface area contributed by atoms with E-state index in [4.69, 9.17) is 16.7 Å². The van der Waals surface area contributed by atoms with Crippen LogP contribution in [-0.4, -0.2) is 51.8 Å². The Morgan fingerprint density at radius 3 is 2.41 bits per heavy atom. The van der Waals surface area contributed by atoms with Gasteiger partial charge in [0.25, 0.3) is 11.6 Å². The van der Waals surface area contributed by atoms with Crippen molar-refractivity contribution in [2.24, 2.45) is 5.92 Å². The van der Waals surface area contributed by atoms with Crippen LogP contribution in [0.5, 0.6) is 0 Å². The predicted molar refractivity (Wildman–Crippen MR) is 98.7 cm³/mol. The van der Waals surface area contributed by atoms with Gasteiger partial charge in [-0.1, -0.05) is 32.4 Å². The average molecular weight is 400 g/mol. The molecule has 9 nitrogen and oxygen atoms in total. The SMILES string of the molecule is CCCN(CC(=O)O)C(=O)C(NC(=O)c1ccc([N+](=O)[O-])cc1Cl)C(C)C. The summed E-state index contributed by atoms with van der Waals surface area (Å²) in [5.41, 5.74) is -0.274. The fourth-order valence-corrected chi connectivity index (χ4v) is 2.69. The Hall–Kier alpha value is -2.68. The molecule has 10 heteroatoms. The maximum absolute atomic E-state index is 12.7. The summed E-state index contributed by atoms with van der Waals surface area (Å²) in [4.78, 5) is 47.5. The minimum Gasteiger partial charge on any atom is -0.480 e. The van der Waals surface area contributed by atoms with Gasteiger partial charge >= 0.3 is 5.97 Å². The van der Waals surface area contributed by atoms with Crippen molar-refractivity contribution < 1.29 is 24.4 Å². The molecule has 2 N–H and O–H groups in total. The molecule has 1 aromatic rings. The summed E-state index contributed by atoms with van der Waals surface area (Å²) in [5.74, 6) is -2.65. The fourth-order valence-electron chi connectivity index (χ4n) is 2.43. The van der Waals surface area contributed by atoms with E-state index in [1.807, 2.05) is 6.92 Å². The second kappa shape index (κ2) is 9.86. The number of amides is 2. The van der Waals surface area contributed by atoms with E-state index in [1.165, 1.54) is 11.0 Å². The van der Waals surface area contributed by atoms with Crippen molar-refractivity contribution in [1.82, 2.24) is 10.2 Å². The van der Waals surface area contributed by atoms with Gasteiger partial charge in [0, 0.05) is 18.7 Å². The van der Waals surface area contributed by atoms with Crippen LogP contribution in [0.4, 0.5) is 5.69 Å². The van der Waals surface area contributed by atoms with Crippen LogP contribution in [0, 0.1) is 16.0 Å². The summed E-state index contributed by atoms with van der Waals surface area (Å²) < 4.78 is 0. The Balaban J connectivity index is 3.05. The van der Waals surface area contributed by atoms with E-state index in [0.29, 0.717) is 6.42 Å². The number of hydrogen-bond acceptors (Lipinski definition) is 5. The van der Waals surface area contributed by atoms with Crippen molar-refractivity contribution in [3.63, 3.8) is 0 Å². The molecule has 27 heavy (non-hydrogen) atoms. The maximum Gasteiger partial charge on any atom is 0.323 e. The van der Waals surface area contributed by atoms with Crippen molar-refractivity contribution in [2.45, 2.75) is 33.2 Å². The number of carboxylic acids is 1. The highest BCUT2D eigenvalue weighted by molar-refractivity contribution is 6.34. The number of nitrogens with zero attached hydrogens (tertiary/aromatic N) is 2. The van der Waals surface area contributed by atoms with E-state index in [0.717, 1.165) is 12.1 Å². The lowest BCUT2D eigenvalue weighted by atomic mass is 10.0. The number of halogens is 1. The molecule has 1 atom stereocenters. The van der Waals surface area contributed by atoms with Crippen LogP contribution in [0.1, 0.15) is 37.6 Å².